The van der Waals surface area contributed by atoms with E-state index in [-0.39, 0.29) is 5.41 Å². The van der Waals surface area contributed by atoms with Gasteiger partial charge in [0.2, 0.25) is 0 Å². The second-order valence-corrected chi connectivity index (χ2v) is 15.2. The van der Waals surface area contributed by atoms with E-state index in [0.29, 0.717) is 0 Å². The molecule has 9 aromatic rings. The number of fused-ring (bicyclic) bond motifs is 8. The molecule has 0 radical (unpaired) electrons. The number of thiophene rings is 1. The molecule has 51 heavy (non-hydrogen) atoms. The van der Waals surface area contributed by atoms with E-state index >= 15 is 0 Å². The first-order valence-electron chi connectivity index (χ1n) is 17.7. The number of benzene rings is 8. The number of hydrogen-bond donors (Lipinski definition) is 0. The molecule has 1 nitrogen and oxygen atoms in total. The average molecular weight is 670 g/mol. The van der Waals surface area contributed by atoms with Gasteiger partial charge in [-0.15, -0.1) is 11.3 Å². The molecule has 8 aromatic carbocycles. The van der Waals surface area contributed by atoms with Crippen LogP contribution in [0, 0.1) is 0 Å². The lowest BCUT2D eigenvalue weighted by Crippen LogP contribution is -2.17. The summed E-state index contributed by atoms with van der Waals surface area (Å²) in [6.07, 6.45) is 0. The van der Waals surface area contributed by atoms with Crippen LogP contribution in [0.2, 0.25) is 0 Å². The fraction of sp³-hybridized carbons (Fsp3) is 0.0612. The molecule has 1 heterocycles. The van der Waals surface area contributed by atoms with Crippen molar-refractivity contribution in [2.24, 2.45) is 0 Å². The molecule has 1 aliphatic rings. The zero-order chi connectivity index (χ0) is 34.1. The number of nitrogens with zero attached hydrogens (tertiary/aromatic N) is 1. The second-order valence-electron chi connectivity index (χ2n) is 14.1. The monoisotopic (exact) mass is 669 g/mol. The normalized spacial score (nSPS) is 13.1. The van der Waals surface area contributed by atoms with Crippen LogP contribution < -0.4 is 4.90 Å². The van der Waals surface area contributed by atoms with Crippen LogP contribution in [0.1, 0.15) is 25.0 Å². The van der Waals surface area contributed by atoms with Gasteiger partial charge in [-0.1, -0.05) is 159 Å². The highest BCUT2D eigenvalue weighted by Crippen LogP contribution is 2.53. The number of rotatable bonds is 5. The van der Waals surface area contributed by atoms with E-state index in [1.54, 1.807) is 0 Å². The molecule has 0 amide bonds. The molecular weight excluding hydrogens is 635 g/mol. The molecule has 0 unspecified atom stereocenters. The van der Waals surface area contributed by atoms with Crippen LogP contribution >= 0.6 is 11.3 Å². The highest BCUT2D eigenvalue weighted by atomic mass is 32.1. The Labute approximate surface area is 302 Å². The van der Waals surface area contributed by atoms with Gasteiger partial charge in [0, 0.05) is 47.9 Å². The van der Waals surface area contributed by atoms with Crippen LogP contribution in [-0.4, -0.2) is 0 Å². The van der Waals surface area contributed by atoms with Gasteiger partial charge in [-0.3, -0.25) is 0 Å². The molecule has 0 bridgehead atoms. The van der Waals surface area contributed by atoms with Gasteiger partial charge in [-0.05, 0) is 74.7 Å². The lowest BCUT2D eigenvalue weighted by atomic mass is 9.82. The minimum absolute atomic E-state index is 0.121. The Balaban J connectivity index is 1.30. The molecule has 0 spiro atoms. The van der Waals surface area contributed by atoms with Crippen LogP contribution in [0.5, 0.6) is 0 Å². The SMILES string of the molecule is CC1(C)c2ccccc2-c2ccc(N(c3ccc(-c4ccccc4)cc3)c3c(-c4ccccc4)ccc4ccc5c6ccccc6sc5c34)cc21. The van der Waals surface area contributed by atoms with E-state index in [1.165, 1.54) is 81.1 Å². The Morgan fingerprint density at radius 3 is 1.86 bits per heavy atom. The van der Waals surface area contributed by atoms with Crippen LogP contribution in [0.25, 0.3) is 64.3 Å². The highest BCUT2D eigenvalue weighted by molar-refractivity contribution is 7.26. The Hall–Kier alpha value is -5.96. The molecule has 1 aliphatic carbocycles. The predicted octanol–water partition coefficient (Wildman–Crippen LogP) is 14.3. The van der Waals surface area contributed by atoms with Crippen molar-refractivity contribution in [3.63, 3.8) is 0 Å². The Kier molecular flexibility index (Phi) is 6.78. The summed E-state index contributed by atoms with van der Waals surface area (Å²) in [5.41, 5.74) is 13.6. The van der Waals surface area contributed by atoms with Gasteiger partial charge in [-0.25, -0.2) is 0 Å². The average Bonchev–Trinajstić information content (AvgIpc) is 3.68. The summed E-state index contributed by atoms with van der Waals surface area (Å²) in [6, 6.07) is 64.9. The molecule has 0 aliphatic heterocycles. The van der Waals surface area contributed by atoms with Gasteiger partial charge >= 0.3 is 0 Å². The van der Waals surface area contributed by atoms with E-state index in [4.69, 9.17) is 0 Å². The van der Waals surface area contributed by atoms with E-state index in [9.17, 15) is 0 Å². The summed E-state index contributed by atoms with van der Waals surface area (Å²) in [4.78, 5) is 2.53. The largest absolute Gasteiger partial charge is 0.309 e. The van der Waals surface area contributed by atoms with Crippen molar-refractivity contribution in [3.8, 4) is 33.4 Å². The third-order valence-electron chi connectivity index (χ3n) is 10.9. The fourth-order valence-corrected chi connectivity index (χ4v) is 9.59. The van der Waals surface area contributed by atoms with Crippen LogP contribution in [0.3, 0.4) is 0 Å². The van der Waals surface area contributed by atoms with E-state index in [1.807, 2.05) is 11.3 Å². The minimum atomic E-state index is -0.121. The summed E-state index contributed by atoms with van der Waals surface area (Å²) in [6.45, 7) is 4.74. The van der Waals surface area contributed by atoms with Gasteiger partial charge in [0.1, 0.15) is 0 Å². The molecule has 10 rings (SSSR count). The first kappa shape index (κ1) is 29.9. The van der Waals surface area contributed by atoms with E-state index in [2.05, 4.69) is 195 Å². The van der Waals surface area contributed by atoms with Gasteiger partial charge < -0.3 is 4.90 Å². The van der Waals surface area contributed by atoms with Crippen molar-refractivity contribution in [1.29, 1.82) is 0 Å². The Morgan fingerprint density at radius 2 is 1.06 bits per heavy atom. The summed E-state index contributed by atoms with van der Waals surface area (Å²) in [5, 5.41) is 5.14. The summed E-state index contributed by atoms with van der Waals surface area (Å²) in [5.74, 6) is 0. The number of anilines is 3. The lowest BCUT2D eigenvalue weighted by Gasteiger charge is -2.31. The molecule has 1 aromatic heterocycles. The zero-order valence-corrected chi connectivity index (χ0v) is 29.4. The maximum Gasteiger partial charge on any atom is 0.0632 e. The molecule has 0 atom stereocenters. The summed E-state index contributed by atoms with van der Waals surface area (Å²) >= 11 is 1.90. The van der Waals surface area contributed by atoms with Crippen molar-refractivity contribution >= 4 is 59.3 Å². The lowest BCUT2D eigenvalue weighted by molar-refractivity contribution is 0.660. The van der Waals surface area contributed by atoms with Gasteiger partial charge in [0.15, 0.2) is 0 Å². The van der Waals surface area contributed by atoms with Crippen molar-refractivity contribution in [1.82, 2.24) is 0 Å². The molecule has 0 fully saturated rings. The van der Waals surface area contributed by atoms with Crippen molar-refractivity contribution < 1.29 is 0 Å². The molecule has 0 N–H and O–H groups in total. The first-order valence-corrected chi connectivity index (χ1v) is 18.5. The Bertz CT molecular complexity index is 2760. The van der Waals surface area contributed by atoms with Gasteiger partial charge in [0.25, 0.3) is 0 Å². The third-order valence-corrected chi connectivity index (χ3v) is 12.1. The topological polar surface area (TPSA) is 3.24 Å². The van der Waals surface area contributed by atoms with Crippen molar-refractivity contribution in [2.75, 3.05) is 4.90 Å². The first-order chi connectivity index (χ1) is 25.1. The van der Waals surface area contributed by atoms with Crippen molar-refractivity contribution in [3.05, 3.63) is 187 Å². The quantitative estimate of drug-likeness (QED) is 0.176. The predicted molar refractivity (Wildman–Crippen MR) is 220 cm³/mol. The van der Waals surface area contributed by atoms with Crippen LogP contribution in [-0.2, 0) is 5.41 Å². The second kappa shape index (κ2) is 11.6. The highest BCUT2D eigenvalue weighted by Gasteiger charge is 2.36. The smallest absolute Gasteiger partial charge is 0.0632 e. The molecule has 0 saturated carbocycles. The van der Waals surface area contributed by atoms with Gasteiger partial charge in [0.05, 0.1) is 5.69 Å². The fourth-order valence-electron chi connectivity index (χ4n) is 8.33. The summed E-state index contributed by atoms with van der Waals surface area (Å²) in [7, 11) is 0. The zero-order valence-electron chi connectivity index (χ0n) is 28.6. The van der Waals surface area contributed by atoms with E-state index < -0.39 is 0 Å². The van der Waals surface area contributed by atoms with Crippen LogP contribution in [0.15, 0.2) is 176 Å². The van der Waals surface area contributed by atoms with Gasteiger partial charge in [-0.2, -0.15) is 0 Å². The standard InChI is InChI=1S/C49H35NS/c1-49(2)43-19-11-9-17-39(43)40-30-27-37(31-44(40)49)50(36-25-21-33(22-26-36)32-13-5-3-6-14-32)47-38(34-15-7-4-8-16-34)28-23-35-24-29-42-41-18-10-12-20-45(41)51-48(42)46(35)47/h3-31H,1-2H3. The minimum Gasteiger partial charge on any atom is -0.309 e. The Morgan fingerprint density at radius 1 is 0.451 bits per heavy atom. The number of hydrogen-bond acceptors (Lipinski definition) is 2. The summed E-state index contributed by atoms with van der Waals surface area (Å²) < 4.78 is 2.63. The third kappa shape index (κ3) is 4.67. The molecule has 0 saturated heterocycles. The molecular formula is C49H35NS. The van der Waals surface area contributed by atoms with Crippen LogP contribution in [0.4, 0.5) is 17.1 Å². The maximum atomic E-state index is 2.53. The van der Waals surface area contributed by atoms with E-state index in [0.717, 1.165) is 11.4 Å². The maximum absolute atomic E-state index is 2.53. The molecule has 2 heteroatoms. The van der Waals surface area contributed by atoms with Crippen molar-refractivity contribution in [2.45, 2.75) is 19.3 Å². The molecule has 242 valence electrons.